The first-order chi connectivity index (χ1) is 8.77. The summed E-state index contributed by atoms with van der Waals surface area (Å²) in [6, 6.07) is 0. The molecule has 7 heteroatoms. The molecule has 0 bridgehead atoms. The third-order valence-corrected chi connectivity index (χ3v) is 3.48. The minimum absolute atomic E-state index is 0. The summed E-state index contributed by atoms with van der Waals surface area (Å²) in [5, 5.41) is 6.22. The summed E-state index contributed by atoms with van der Waals surface area (Å²) < 4.78 is 2.14. The van der Waals surface area contributed by atoms with Crippen molar-refractivity contribution >= 4 is 30.7 Å². The van der Waals surface area contributed by atoms with Crippen molar-refractivity contribution in [3.05, 3.63) is 18.2 Å². The molecule has 0 aliphatic carbocycles. The van der Waals surface area contributed by atoms with Crippen LogP contribution in [0.5, 0.6) is 0 Å². The van der Waals surface area contributed by atoms with Crippen LogP contribution in [0.15, 0.2) is 12.4 Å². The van der Waals surface area contributed by atoms with Crippen LogP contribution in [-0.2, 0) is 11.3 Å². The number of rotatable bonds is 6. The van der Waals surface area contributed by atoms with Gasteiger partial charge >= 0.3 is 0 Å². The van der Waals surface area contributed by atoms with E-state index < -0.39 is 0 Å². The normalized spacial score (nSPS) is 17.1. The molecule has 1 atom stereocenters. The summed E-state index contributed by atoms with van der Waals surface area (Å²) >= 11 is 0. The lowest BCUT2D eigenvalue weighted by molar-refractivity contribution is -0.124. The molecule has 2 heterocycles. The minimum Gasteiger partial charge on any atom is -0.356 e. The SMILES string of the molecule is Cc1nccn1CCCCNC(=O)C1CCNC1.Cl.Cl. The minimum atomic E-state index is 0. The van der Waals surface area contributed by atoms with Crippen LogP contribution in [0.4, 0.5) is 0 Å². The second kappa shape index (κ2) is 10.0. The van der Waals surface area contributed by atoms with Crippen molar-refractivity contribution in [3.8, 4) is 0 Å². The van der Waals surface area contributed by atoms with E-state index >= 15 is 0 Å². The lowest BCUT2D eigenvalue weighted by Gasteiger charge is -2.10. The molecule has 20 heavy (non-hydrogen) atoms. The maximum Gasteiger partial charge on any atom is 0.224 e. The number of aryl methyl sites for hydroxylation is 2. The van der Waals surface area contributed by atoms with Crippen LogP contribution < -0.4 is 10.6 Å². The Morgan fingerprint density at radius 2 is 2.30 bits per heavy atom. The summed E-state index contributed by atoms with van der Waals surface area (Å²) in [6.45, 7) is 5.57. The molecule has 1 aromatic rings. The van der Waals surface area contributed by atoms with Crippen molar-refractivity contribution in [2.45, 2.75) is 32.7 Å². The lowest BCUT2D eigenvalue weighted by atomic mass is 10.1. The summed E-state index contributed by atoms with van der Waals surface area (Å²) in [6.07, 6.45) is 6.88. The van der Waals surface area contributed by atoms with Gasteiger partial charge in [0.2, 0.25) is 5.91 Å². The van der Waals surface area contributed by atoms with Crippen LogP contribution in [-0.4, -0.2) is 35.1 Å². The molecular formula is C13H24Cl2N4O. The van der Waals surface area contributed by atoms with Gasteiger partial charge in [0.05, 0.1) is 5.92 Å². The number of nitrogens with one attached hydrogen (secondary N) is 2. The zero-order valence-corrected chi connectivity index (χ0v) is 13.4. The van der Waals surface area contributed by atoms with Gasteiger partial charge in [0.25, 0.3) is 0 Å². The topological polar surface area (TPSA) is 59.0 Å². The molecule has 1 amide bonds. The van der Waals surface area contributed by atoms with E-state index in [1.165, 1.54) is 0 Å². The van der Waals surface area contributed by atoms with E-state index in [1.807, 2.05) is 19.3 Å². The van der Waals surface area contributed by atoms with Gasteiger partial charge in [0.1, 0.15) is 5.82 Å². The molecule has 5 nitrogen and oxygen atoms in total. The number of hydrogen-bond donors (Lipinski definition) is 2. The van der Waals surface area contributed by atoms with Gasteiger partial charge in [-0.1, -0.05) is 0 Å². The van der Waals surface area contributed by atoms with Gasteiger partial charge in [-0.3, -0.25) is 4.79 Å². The number of carbonyl (C=O) groups is 1. The van der Waals surface area contributed by atoms with E-state index in [4.69, 9.17) is 0 Å². The van der Waals surface area contributed by atoms with Crippen LogP contribution >= 0.6 is 24.8 Å². The molecule has 1 fully saturated rings. The summed E-state index contributed by atoms with van der Waals surface area (Å²) in [7, 11) is 0. The Balaban J connectivity index is 0.00000180. The fourth-order valence-corrected chi connectivity index (χ4v) is 2.28. The molecule has 1 unspecified atom stereocenters. The summed E-state index contributed by atoms with van der Waals surface area (Å²) in [4.78, 5) is 15.9. The van der Waals surface area contributed by atoms with Crippen LogP contribution in [0, 0.1) is 12.8 Å². The lowest BCUT2D eigenvalue weighted by Crippen LogP contribution is -2.32. The molecule has 0 spiro atoms. The highest BCUT2D eigenvalue weighted by Gasteiger charge is 2.21. The molecule has 1 aromatic heterocycles. The first kappa shape index (κ1) is 19.2. The van der Waals surface area contributed by atoms with Crippen molar-refractivity contribution in [2.24, 2.45) is 5.92 Å². The van der Waals surface area contributed by atoms with Crippen molar-refractivity contribution in [2.75, 3.05) is 19.6 Å². The number of imidazole rings is 1. The second-order valence-corrected chi connectivity index (χ2v) is 4.86. The van der Waals surface area contributed by atoms with E-state index in [9.17, 15) is 4.79 Å². The summed E-state index contributed by atoms with van der Waals surface area (Å²) in [5.74, 6) is 1.44. The zero-order valence-electron chi connectivity index (χ0n) is 11.8. The van der Waals surface area contributed by atoms with Gasteiger partial charge in [-0.25, -0.2) is 4.98 Å². The number of carbonyl (C=O) groups excluding carboxylic acids is 1. The first-order valence-corrected chi connectivity index (χ1v) is 6.73. The van der Waals surface area contributed by atoms with E-state index in [2.05, 4.69) is 20.2 Å². The Labute approximate surface area is 132 Å². The molecule has 2 N–H and O–H groups in total. The Hall–Kier alpha value is -0.780. The molecule has 1 aliphatic heterocycles. The molecule has 1 saturated heterocycles. The maximum atomic E-state index is 11.7. The van der Waals surface area contributed by atoms with E-state index in [0.29, 0.717) is 0 Å². The van der Waals surface area contributed by atoms with Crippen molar-refractivity contribution in [1.29, 1.82) is 0 Å². The van der Waals surface area contributed by atoms with Crippen molar-refractivity contribution < 1.29 is 4.79 Å². The van der Waals surface area contributed by atoms with Crippen LogP contribution in [0.2, 0.25) is 0 Å². The number of aromatic nitrogens is 2. The number of hydrogen-bond acceptors (Lipinski definition) is 3. The van der Waals surface area contributed by atoms with E-state index in [0.717, 1.165) is 51.3 Å². The molecular weight excluding hydrogens is 299 g/mol. The molecule has 0 saturated carbocycles. The largest absolute Gasteiger partial charge is 0.356 e. The number of halogens is 2. The Kier molecular flexibility index (Phi) is 9.63. The van der Waals surface area contributed by atoms with Gasteiger partial charge in [0.15, 0.2) is 0 Å². The standard InChI is InChI=1S/C13H22N4O.2ClH/c1-11-15-7-9-17(11)8-3-2-5-16-13(18)12-4-6-14-10-12;;/h7,9,12,14H,2-6,8,10H2,1H3,(H,16,18);2*1H. The Morgan fingerprint density at radius 3 is 2.90 bits per heavy atom. The predicted molar refractivity (Wildman–Crippen MR) is 84.7 cm³/mol. The fourth-order valence-electron chi connectivity index (χ4n) is 2.28. The van der Waals surface area contributed by atoms with Gasteiger partial charge in [-0.2, -0.15) is 0 Å². The van der Waals surface area contributed by atoms with E-state index in [-0.39, 0.29) is 36.6 Å². The molecule has 116 valence electrons. The maximum absolute atomic E-state index is 11.7. The van der Waals surface area contributed by atoms with Crippen molar-refractivity contribution in [3.63, 3.8) is 0 Å². The van der Waals surface area contributed by atoms with Gasteiger partial charge in [-0.05, 0) is 32.7 Å². The Morgan fingerprint density at radius 1 is 1.50 bits per heavy atom. The third kappa shape index (κ3) is 5.69. The van der Waals surface area contributed by atoms with Crippen molar-refractivity contribution in [1.82, 2.24) is 20.2 Å². The Bertz CT molecular complexity index is 391. The highest BCUT2D eigenvalue weighted by atomic mass is 35.5. The monoisotopic (exact) mass is 322 g/mol. The fraction of sp³-hybridized carbons (Fsp3) is 0.692. The van der Waals surface area contributed by atoms with Crippen LogP contribution in [0.1, 0.15) is 25.1 Å². The highest BCUT2D eigenvalue weighted by Crippen LogP contribution is 2.07. The summed E-state index contributed by atoms with van der Waals surface area (Å²) in [5.41, 5.74) is 0. The molecule has 2 rings (SSSR count). The van der Waals surface area contributed by atoms with Crippen LogP contribution in [0.25, 0.3) is 0 Å². The highest BCUT2D eigenvalue weighted by molar-refractivity contribution is 5.85. The third-order valence-electron chi connectivity index (χ3n) is 3.48. The quantitative estimate of drug-likeness (QED) is 0.781. The average Bonchev–Trinajstić information content (AvgIpc) is 3.00. The smallest absolute Gasteiger partial charge is 0.224 e. The number of unbranched alkanes of at least 4 members (excludes halogenated alkanes) is 1. The average molecular weight is 323 g/mol. The zero-order chi connectivity index (χ0) is 12.8. The van der Waals surface area contributed by atoms with Gasteiger partial charge in [-0.15, -0.1) is 24.8 Å². The molecule has 0 aromatic carbocycles. The molecule has 1 aliphatic rings. The van der Waals surface area contributed by atoms with E-state index in [1.54, 1.807) is 0 Å². The van der Waals surface area contributed by atoms with Crippen LogP contribution in [0.3, 0.4) is 0 Å². The molecule has 0 radical (unpaired) electrons. The van der Waals surface area contributed by atoms with Gasteiger partial charge in [0, 0.05) is 32.0 Å². The number of amides is 1. The second-order valence-electron chi connectivity index (χ2n) is 4.86. The predicted octanol–water partition coefficient (Wildman–Crippen LogP) is 1.54. The first-order valence-electron chi connectivity index (χ1n) is 6.73. The number of nitrogens with zero attached hydrogens (tertiary/aromatic N) is 2. The van der Waals surface area contributed by atoms with Gasteiger partial charge < -0.3 is 15.2 Å².